The van der Waals surface area contributed by atoms with Crippen molar-refractivity contribution in [3.05, 3.63) is 5.53 Å². The van der Waals surface area contributed by atoms with E-state index in [0.717, 1.165) is 25.7 Å². The van der Waals surface area contributed by atoms with Gasteiger partial charge in [0.15, 0.2) is 0 Å². The molecule has 0 radical (unpaired) electrons. The highest BCUT2D eigenvalue weighted by atomic mass is 31.2. The van der Waals surface area contributed by atoms with Gasteiger partial charge in [-0.2, -0.15) is 4.79 Å². The molecule has 0 atom stereocenters. The summed E-state index contributed by atoms with van der Waals surface area (Å²) in [6.07, 6.45) is 4.05. The maximum Gasteiger partial charge on any atom is 0.413 e. The molecule has 0 saturated carbocycles. The Kier molecular flexibility index (Phi) is 11.2. The largest absolute Gasteiger partial charge is 0.457 e. The van der Waals surface area contributed by atoms with Gasteiger partial charge in [-0.05, 0) is 12.8 Å². The molecule has 0 fully saturated rings. The van der Waals surface area contributed by atoms with Gasteiger partial charge in [-0.15, -0.1) is 0 Å². The van der Waals surface area contributed by atoms with Crippen LogP contribution in [0.4, 0.5) is 0 Å². The molecule has 0 unspecified atom stereocenters. The van der Waals surface area contributed by atoms with Gasteiger partial charge in [0.25, 0.3) is 0 Å². The first-order valence-corrected chi connectivity index (χ1v) is 8.53. The Balaban J connectivity index is 4.24. The van der Waals surface area contributed by atoms with E-state index in [4.69, 9.17) is 19.3 Å². The molecule has 0 N–H and O–H groups in total. The van der Waals surface area contributed by atoms with Crippen LogP contribution in [0.25, 0.3) is 5.53 Å². The van der Waals surface area contributed by atoms with Crippen molar-refractivity contribution in [1.82, 2.24) is 0 Å². The lowest BCUT2D eigenvalue weighted by molar-refractivity contribution is -0.138. The van der Waals surface area contributed by atoms with Crippen molar-refractivity contribution >= 4 is 19.8 Å². The molecule has 0 aromatic carbocycles. The molecule has 0 amide bonds. The normalized spacial score (nSPS) is 10.9. The first kappa shape index (κ1) is 19.0. The van der Waals surface area contributed by atoms with Gasteiger partial charge in [-0.3, -0.25) is 4.57 Å². The zero-order valence-corrected chi connectivity index (χ0v) is 13.0. The summed E-state index contributed by atoms with van der Waals surface area (Å²) in [6.45, 7) is 4.60. The number of carbonyl (C=O) groups is 1. The van der Waals surface area contributed by atoms with Crippen LogP contribution in [-0.4, -0.2) is 43.0 Å². The smallest absolute Gasteiger partial charge is 0.413 e. The standard InChI is InChI=1S/C12H23N2O5P/c1-3-5-7-18-20(16,19-8-6-4-2)10-9-17-12(15)11-14-13/h11H,3-10H2,1-2H3. The minimum Gasteiger partial charge on any atom is -0.457 e. The summed E-state index contributed by atoms with van der Waals surface area (Å²) in [4.78, 5) is 13.5. The van der Waals surface area contributed by atoms with E-state index in [-0.39, 0.29) is 12.8 Å². The molecular weight excluding hydrogens is 283 g/mol. The first-order valence-electron chi connectivity index (χ1n) is 6.80. The zero-order valence-electron chi connectivity index (χ0n) is 12.1. The maximum absolute atomic E-state index is 12.4. The highest BCUT2D eigenvalue weighted by Crippen LogP contribution is 2.48. The molecule has 0 bridgehead atoms. The van der Waals surface area contributed by atoms with Crippen molar-refractivity contribution in [2.75, 3.05) is 26.0 Å². The van der Waals surface area contributed by atoms with E-state index < -0.39 is 13.6 Å². The third-order valence-corrected chi connectivity index (χ3v) is 4.23. The first-order chi connectivity index (χ1) is 9.58. The van der Waals surface area contributed by atoms with Gasteiger partial charge in [0.05, 0.1) is 19.4 Å². The number of rotatable bonds is 12. The van der Waals surface area contributed by atoms with Crippen molar-refractivity contribution in [3.63, 3.8) is 0 Å². The van der Waals surface area contributed by atoms with Gasteiger partial charge in [0.1, 0.15) is 6.61 Å². The Morgan fingerprint density at radius 3 is 2.15 bits per heavy atom. The van der Waals surface area contributed by atoms with E-state index >= 15 is 0 Å². The van der Waals surface area contributed by atoms with E-state index in [9.17, 15) is 9.36 Å². The van der Waals surface area contributed by atoms with Gasteiger partial charge in [0, 0.05) is 0 Å². The number of hydrogen-bond acceptors (Lipinski definition) is 5. The number of unbranched alkanes of at least 4 members (excludes halogenated alkanes) is 2. The average Bonchev–Trinajstić information content (AvgIpc) is 2.40. The van der Waals surface area contributed by atoms with Crippen LogP contribution in [0, 0.1) is 0 Å². The summed E-state index contributed by atoms with van der Waals surface area (Å²) < 4.78 is 27.7. The number of hydrogen-bond donors (Lipinski definition) is 0. The monoisotopic (exact) mass is 306 g/mol. The predicted molar refractivity (Wildman–Crippen MR) is 74.8 cm³/mol. The molecule has 8 heteroatoms. The van der Waals surface area contributed by atoms with Crippen LogP contribution in [0.5, 0.6) is 0 Å². The zero-order chi connectivity index (χ0) is 15.3. The molecule has 7 nitrogen and oxygen atoms in total. The maximum atomic E-state index is 12.4. The Labute approximate surface area is 119 Å². The molecule has 0 aromatic heterocycles. The summed E-state index contributed by atoms with van der Waals surface area (Å²) in [5, 5.41) is 0. The fourth-order valence-corrected chi connectivity index (χ4v) is 2.67. The average molecular weight is 306 g/mol. The van der Waals surface area contributed by atoms with Crippen molar-refractivity contribution in [3.8, 4) is 0 Å². The predicted octanol–water partition coefficient (Wildman–Crippen LogP) is 2.66. The van der Waals surface area contributed by atoms with E-state index in [1.54, 1.807) is 0 Å². The second-order valence-corrected chi connectivity index (χ2v) is 6.31. The van der Waals surface area contributed by atoms with Gasteiger partial charge >= 0.3 is 19.8 Å². The third kappa shape index (κ3) is 9.87. The summed E-state index contributed by atoms with van der Waals surface area (Å²) in [7, 11) is -3.24. The van der Waals surface area contributed by atoms with Crippen molar-refractivity contribution < 1.29 is 27.9 Å². The molecule has 0 spiro atoms. The molecule has 0 rings (SSSR count). The SMILES string of the molecule is CCCCOP(=O)(CCOC(=O)C=[N+]=[N-])OCCCC. The Morgan fingerprint density at radius 2 is 1.70 bits per heavy atom. The minimum atomic E-state index is -3.24. The molecule has 0 aromatic rings. The number of carbonyl (C=O) groups excluding carboxylic acids is 1. The minimum absolute atomic E-state index is 0.00849. The fraction of sp³-hybridized carbons (Fsp3) is 0.833. The van der Waals surface area contributed by atoms with Crippen molar-refractivity contribution in [1.29, 1.82) is 0 Å². The Hall–Kier alpha value is -1.00. The molecule has 0 heterocycles. The lowest BCUT2D eigenvalue weighted by Crippen LogP contribution is -2.12. The van der Waals surface area contributed by atoms with Crippen LogP contribution < -0.4 is 0 Å². The van der Waals surface area contributed by atoms with Crippen molar-refractivity contribution in [2.45, 2.75) is 39.5 Å². The Bertz CT molecular complexity index is 355. The van der Waals surface area contributed by atoms with Crippen LogP contribution in [0.3, 0.4) is 0 Å². The van der Waals surface area contributed by atoms with Crippen LogP contribution >= 0.6 is 7.60 Å². The molecule has 0 saturated heterocycles. The van der Waals surface area contributed by atoms with E-state index in [0.29, 0.717) is 19.4 Å². The van der Waals surface area contributed by atoms with Gasteiger partial charge in [-0.1, -0.05) is 26.7 Å². The van der Waals surface area contributed by atoms with Crippen LogP contribution in [-0.2, 0) is 23.1 Å². The number of nitrogens with zero attached hydrogens (tertiary/aromatic N) is 2. The van der Waals surface area contributed by atoms with Gasteiger partial charge < -0.3 is 19.3 Å². The molecule has 20 heavy (non-hydrogen) atoms. The van der Waals surface area contributed by atoms with Crippen LogP contribution in [0.15, 0.2) is 0 Å². The highest BCUT2D eigenvalue weighted by Gasteiger charge is 2.25. The number of esters is 1. The second-order valence-electron chi connectivity index (χ2n) is 4.12. The fourth-order valence-electron chi connectivity index (χ4n) is 1.20. The Morgan fingerprint density at radius 1 is 1.15 bits per heavy atom. The second kappa shape index (κ2) is 11.8. The molecule has 0 aliphatic carbocycles. The summed E-state index contributed by atoms with van der Waals surface area (Å²) in [6, 6.07) is 0. The lowest BCUT2D eigenvalue weighted by atomic mass is 10.4. The molecular formula is C12H23N2O5P. The van der Waals surface area contributed by atoms with Crippen LogP contribution in [0.2, 0.25) is 0 Å². The third-order valence-electron chi connectivity index (χ3n) is 2.34. The summed E-state index contributed by atoms with van der Waals surface area (Å²) in [5.74, 6) is -0.804. The van der Waals surface area contributed by atoms with E-state index in [2.05, 4.69) is 4.79 Å². The van der Waals surface area contributed by atoms with E-state index in [1.165, 1.54) is 0 Å². The van der Waals surface area contributed by atoms with Crippen molar-refractivity contribution in [2.24, 2.45) is 0 Å². The molecule has 116 valence electrons. The summed E-state index contributed by atoms with van der Waals surface area (Å²) in [5.41, 5.74) is 8.15. The molecule has 0 aliphatic rings. The number of ether oxygens (including phenoxy) is 1. The molecule has 0 aliphatic heterocycles. The quantitative estimate of drug-likeness (QED) is 0.138. The van der Waals surface area contributed by atoms with Gasteiger partial charge in [0.2, 0.25) is 0 Å². The van der Waals surface area contributed by atoms with Crippen LogP contribution in [0.1, 0.15) is 39.5 Å². The van der Waals surface area contributed by atoms with E-state index in [1.807, 2.05) is 13.8 Å². The lowest BCUT2D eigenvalue weighted by Gasteiger charge is -2.18. The summed E-state index contributed by atoms with van der Waals surface area (Å²) >= 11 is 0. The van der Waals surface area contributed by atoms with Gasteiger partial charge in [-0.25, -0.2) is 4.79 Å². The topological polar surface area (TPSA) is 98.2 Å². The highest BCUT2D eigenvalue weighted by molar-refractivity contribution is 7.53.